The Morgan fingerprint density at radius 1 is 1.26 bits per heavy atom. The molecule has 2 N–H and O–H groups in total. The van der Waals surface area contributed by atoms with E-state index >= 15 is 0 Å². The van der Waals surface area contributed by atoms with Crippen molar-refractivity contribution in [3.8, 4) is 0 Å². The summed E-state index contributed by atoms with van der Waals surface area (Å²) >= 11 is 0. The average Bonchev–Trinajstić information content (AvgIpc) is 2.78. The minimum atomic E-state index is -0.727. The number of imide groups is 1. The molecule has 1 aliphatic heterocycles. The summed E-state index contributed by atoms with van der Waals surface area (Å²) in [7, 11) is 3.11. The molecule has 1 fully saturated rings. The van der Waals surface area contributed by atoms with Crippen molar-refractivity contribution in [3.05, 3.63) is 34.2 Å². The first-order valence-corrected chi connectivity index (χ1v) is 7.20. The highest BCUT2D eigenvalue weighted by atomic mass is 16.2. The Morgan fingerprint density at radius 2 is 2.00 bits per heavy atom. The second-order valence-electron chi connectivity index (χ2n) is 5.46. The lowest BCUT2D eigenvalue weighted by Gasteiger charge is -2.21. The van der Waals surface area contributed by atoms with E-state index in [2.05, 4.69) is 10.6 Å². The van der Waals surface area contributed by atoms with Crippen molar-refractivity contribution in [2.45, 2.75) is 18.9 Å². The number of carbonyl (C=O) groups is 3. The number of rotatable bonds is 2. The first kappa shape index (κ1) is 15.0. The first-order valence-electron chi connectivity index (χ1n) is 7.20. The second-order valence-corrected chi connectivity index (χ2v) is 5.46. The lowest BCUT2D eigenvalue weighted by Crippen LogP contribution is -2.44. The van der Waals surface area contributed by atoms with E-state index in [1.54, 1.807) is 25.2 Å². The Balaban J connectivity index is 2.17. The van der Waals surface area contributed by atoms with Gasteiger partial charge < -0.3 is 5.32 Å². The van der Waals surface area contributed by atoms with Crippen molar-refractivity contribution in [1.82, 2.24) is 19.8 Å². The molecule has 8 nitrogen and oxygen atoms in total. The summed E-state index contributed by atoms with van der Waals surface area (Å²) in [6.45, 7) is 0. The highest BCUT2D eigenvalue weighted by Gasteiger charge is 2.31. The molecule has 3 rings (SSSR count). The lowest BCUT2D eigenvalue weighted by atomic mass is 10.1. The molecule has 1 aliphatic rings. The molecule has 8 heteroatoms. The highest BCUT2D eigenvalue weighted by Crippen LogP contribution is 2.23. The molecule has 1 saturated heterocycles. The number of amides is 3. The number of imidazole rings is 1. The van der Waals surface area contributed by atoms with Crippen LogP contribution >= 0.6 is 0 Å². The molecule has 0 saturated carbocycles. The summed E-state index contributed by atoms with van der Waals surface area (Å²) in [6.07, 6.45) is 0.469. The zero-order valence-electron chi connectivity index (χ0n) is 12.8. The molecule has 2 heterocycles. The summed E-state index contributed by atoms with van der Waals surface area (Å²) < 4.78 is 2.77. The van der Waals surface area contributed by atoms with Crippen molar-refractivity contribution in [1.29, 1.82) is 0 Å². The Labute approximate surface area is 131 Å². The van der Waals surface area contributed by atoms with Gasteiger partial charge in [0.15, 0.2) is 0 Å². The summed E-state index contributed by atoms with van der Waals surface area (Å²) in [5.41, 5.74) is 1.18. The fraction of sp³-hybridized carbons (Fsp3) is 0.333. The number of nitrogens with zero attached hydrogens (tertiary/aromatic N) is 2. The second kappa shape index (κ2) is 5.38. The quantitative estimate of drug-likeness (QED) is 0.741. The van der Waals surface area contributed by atoms with E-state index in [1.165, 1.54) is 16.2 Å². The number of fused-ring (bicyclic) bond motifs is 1. The van der Waals surface area contributed by atoms with E-state index in [4.69, 9.17) is 0 Å². The van der Waals surface area contributed by atoms with Gasteiger partial charge in [-0.1, -0.05) is 0 Å². The maximum absolute atomic E-state index is 12.5. The molecule has 0 spiro atoms. The monoisotopic (exact) mass is 316 g/mol. The standard InChI is InChI=1S/C15H16N4O4/c1-16-13(21)8-3-4-9-11(7-8)18(2)15(23)19(9)10-5-6-12(20)17-14(10)22/h3-4,7,10H,5-6H2,1-2H3,(H,16,21)(H,17,20,22). The molecule has 2 aromatic rings. The molecule has 0 bridgehead atoms. The van der Waals surface area contributed by atoms with Gasteiger partial charge in [-0.3, -0.25) is 28.8 Å². The van der Waals surface area contributed by atoms with Crippen molar-refractivity contribution in [3.63, 3.8) is 0 Å². The SMILES string of the molecule is CNC(=O)c1ccc2c(c1)n(C)c(=O)n2C1CCC(=O)NC1=O. The molecule has 0 aliphatic carbocycles. The predicted molar refractivity (Wildman–Crippen MR) is 82.0 cm³/mol. The van der Waals surface area contributed by atoms with Gasteiger partial charge in [0.2, 0.25) is 11.8 Å². The van der Waals surface area contributed by atoms with E-state index in [-0.39, 0.29) is 30.3 Å². The summed E-state index contributed by atoms with van der Waals surface area (Å²) in [4.78, 5) is 47.6. The minimum absolute atomic E-state index is 0.190. The average molecular weight is 316 g/mol. The van der Waals surface area contributed by atoms with Gasteiger partial charge in [-0.25, -0.2) is 4.79 Å². The van der Waals surface area contributed by atoms with Gasteiger partial charge in [0, 0.05) is 26.1 Å². The van der Waals surface area contributed by atoms with Gasteiger partial charge in [0.05, 0.1) is 11.0 Å². The van der Waals surface area contributed by atoms with E-state index in [0.29, 0.717) is 16.6 Å². The third kappa shape index (κ3) is 2.32. The van der Waals surface area contributed by atoms with Crippen LogP contribution in [0.1, 0.15) is 29.2 Å². The van der Waals surface area contributed by atoms with Gasteiger partial charge in [-0.15, -0.1) is 0 Å². The van der Waals surface area contributed by atoms with Crippen LogP contribution < -0.4 is 16.3 Å². The largest absolute Gasteiger partial charge is 0.355 e. The van der Waals surface area contributed by atoms with Crippen LogP contribution in [0.3, 0.4) is 0 Å². The smallest absolute Gasteiger partial charge is 0.329 e. The Kier molecular flexibility index (Phi) is 3.51. The van der Waals surface area contributed by atoms with E-state index in [1.807, 2.05) is 0 Å². The Bertz CT molecular complexity index is 893. The summed E-state index contributed by atoms with van der Waals surface area (Å²) in [6, 6.07) is 4.13. The Hall–Kier alpha value is -2.90. The number of aryl methyl sites for hydroxylation is 1. The zero-order valence-corrected chi connectivity index (χ0v) is 12.8. The highest BCUT2D eigenvalue weighted by molar-refractivity contribution is 6.00. The van der Waals surface area contributed by atoms with Gasteiger partial charge in [-0.05, 0) is 24.6 Å². The molecule has 1 aromatic heterocycles. The van der Waals surface area contributed by atoms with E-state index < -0.39 is 11.9 Å². The van der Waals surface area contributed by atoms with E-state index in [0.717, 1.165) is 0 Å². The van der Waals surface area contributed by atoms with Gasteiger partial charge in [0.1, 0.15) is 6.04 Å². The number of hydrogen-bond donors (Lipinski definition) is 2. The normalized spacial score (nSPS) is 18.1. The fourth-order valence-electron chi connectivity index (χ4n) is 2.88. The maximum atomic E-state index is 12.5. The van der Waals surface area contributed by atoms with Crippen molar-refractivity contribution in [2.24, 2.45) is 7.05 Å². The molecule has 23 heavy (non-hydrogen) atoms. The molecule has 1 unspecified atom stereocenters. The molecular formula is C15H16N4O4. The number of benzene rings is 1. The van der Waals surface area contributed by atoms with Crippen LogP contribution in [0.4, 0.5) is 0 Å². The van der Waals surface area contributed by atoms with Crippen LogP contribution in [0.5, 0.6) is 0 Å². The van der Waals surface area contributed by atoms with Crippen LogP contribution in [0, 0.1) is 0 Å². The van der Waals surface area contributed by atoms with Crippen LogP contribution in [-0.4, -0.2) is 33.9 Å². The van der Waals surface area contributed by atoms with Crippen molar-refractivity contribution >= 4 is 28.8 Å². The lowest BCUT2D eigenvalue weighted by molar-refractivity contribution is -0.135. The van der Waals surface area contributed by atoms with Crippen LogP contribution in [0.2, 0.25) is 0 Å². The molecule has 3 amide bonds. The molecular weight excluding hydrogens is 300 g/mol. The molecule has 0 radical (unpaired) electrons. The number of hydrogen-bond acceptors (Lipinski definition) is 4. The third-order valence-electron chi connectivity index (χ3n) is 4.10. The topological polar surface area (TPSA) is 102 Å². The maximum Gasteiger partial charge on any atom is 0.329 e. The molecule has 1 atom stereocenters. The fourth-order valence-corrected chi connectivity index (χ4v) is 2.88. The number of nitrogens with one attached hydrogen (secondary N) is 2. The van der Waals surface area contributed by atoms with E-state index in [9.17, 15) is 19.2 Å². The van der Waals surface area contributed by atoms with Crippen molar-refractivity contribution < 1.29 is 14.4 Å². The molecule has 1 aromatic carbocycles. The number of aromatic nitrogens is 2. The van der Waals surface area contributed by atoms with Gasteiger partial charge in [-0.2, -0.15) is 0 Å². The third-order valence-corrected chi connectivity index (χ3v) is 4.10. The number of piperidine rings is 1. The first-order chi connectivity index (χ1) is 10.9. The summed E-state index contributed by atoms with van der Waals surface area (Å²) in [5.74, 6) is -1.07. The van der Waals surface area contributed by atoms with Crippen molar-refractivity contribution in [2.75, 3.05) is 7.05 Å². The van der Waals surface area contributed by atoms with Crippen LogP contribution in [0.15, 0.2) is 23.0 Å². The Morgan fingerprint density at radius 3 is 2.65 bits per heavy atom. The van der Waals surface area contributed by atoms with Crippen LogP contribution in [0.25, 0.3) is 11.0 Å². The zero-order chi connectivity index (χ0) is 16.7. The summed E-state index contributed by atoms with van der Waals surface area (Å²) in [5, 5.41) is 4.78. The van der Waals surface area contributed by atoms with Crippen LogP contribution in [-0.2, 0) is 16.6 Å². The van der Waals surface area contributed by atoms with Gasteiger partial charge >= 0.3 is 5.69 Å². The predicted octanol–water partition coefficient (Wildman–Crippen LogP) is -0.323. The minimum Gasteiger partial charge on any atom is -0.355 e. The van der Waals surface area contributed by atoms with Gasteiger partial charge in [0.25, 0.3) is 5.91 Å². The number of carbonyl (C=O) groups excluding carboxylic acids is 3. The molecule has 120 valence electrons.